The molecule has 0 aliphatic heterocycles. The molecule has 0 radical (unpaired) electrons. The molecule has 142 valence electrons. The molecule has 0 aliphatic rings. The Morgan fingerprint density at radius 1 is 1.15 bits per heavy atom. The molecule has 1 unspecified atom stereocenters. The Hall–Kier alpha value is -2.64. The number of carboxylic acids is 1. The van der Waals surface area contributed by atoms with Crippen molar-refractivity contribution in [3.8, 4) is 0 Å². The third kappa shape index (κ3) is 5.67. The van der Waals surface area contributed by atoms with Crippen molar-refractivity contribution in [1.29, 1.82) is 0 Å². The zero-order chi connectivity index (χ0) is 20.1. The Balaban J connectivity index is 2.25. The van der Waals surface area contributed by atoms with Gasteiger partial charge in [-0.25, -0.2) is 0 Å². The van der Waals surface area contributed by atoms with E-state index in [1.807, 2.05) is 0 Å². The predicted octanol–water partition coefficient (Wildman–Crippen LogP) is 4.80. The number of rotatable bonds is 7. The second-order valence-electron chi connectivity index (χ2n) is 5.97. The van der Waals surface area contributed by atoms with Crippen molar-refractivity contribution in [2.45, 2.75) is 25.7 Å². The zero-order valence-corrected chi connectivity index (χ0v) is 15.8. The fourth-order valence-electron chi connectivity index (χ4n) is 2.70. The number of carbonyl (C=O) groups is 2. The summed E-state index contributed by atoms with van der Waals surface area (Å²) in [5.74, 6) is -2.20. The highest BCUT2D eigenvalue weighted by molar-refractivity contribution is 6.31. The van der Waals surface area contributed by atoms with Crippen molar-refractivity contribution < 1.29 is 19.6 Å². The number of anilines is 1. The Labute approximate surface area is 165 Å². The molecule has 0 saturated carbocycles. The lowest BCUT2D eigenvalue weighted by Crippen LogP contribution is -2.19. The average Bonchev–Trinajstić information content (AvgIpc) is 2.56. The molecule has 1 atom stereocenters. The van der Waals surface area contributed by atoms with Crippen molar-refractivity contribution >= 4 is 46.5 Å². The predicted molar refractivity (Wildman–Crippen MR) is 103 cm³/mol. The summed E-state index contributed by atoms with van der Waals surface area (Å²) in [6.07, 6.45) is -0.427. The highest BCUT2D eigenvalue weighted by Gasteiger charge is 2.23. The highest BCUT2D eigenvalue weighted by Crippen LogP contribution is 2.33. The molecule has 1 amide bonds. The van der Waals surface area contributed by atoms with Crippen molar-refractivity contribution in [2.75, 3.05) is 5.32 Å². The summed E-state index contributed by atoms with van der Waals surface area (Å²) in [5, 5.41) is 23.6. The second kappa shape index (κ2) is 8.83. The second-order valence-corrected chi connectivity index (χ2v) is 6.85. The minimum absolute atomic E-state index is 0.0413. The summed E-state index contributed by atoms with van der Waals surface area (Å²) >= 11 is 11.7. The number of halogens is 2. The molecule has 0 aromatic heterocycles. The first-order valence-corrected chi connectivity index (χ1v) is 8.64. The Morgan fingerprint density at radius 2 is 1.78 bits per heavy atom. The Bertz CT molecular complexity index is 884. The van der Waals surface area contributed by atoms with Gasteiger partial charge in [0.05, 0.1) is 11.3 Å². The van der Waals surface area contributed by atoms with Crippen LogP contribution in [0.1, 0.15) is 29.9 Å². The molecule has 2 aromatic rings. The first kappa shape index (κ1) is 20.7. The lowest BCUT2D eigenvalue weighted by Gasteiger charge is -2.16. The van der Waals surface area contributed by atoms with Gasteiger partial charge in [0.2, 0.25) is 5.91 Å². The molecule has 2 rings (SSSR count). The normalized spacial score (nSPS) is 11.7. The number of nitrogens with one attached hydrogen (secondary N) is 1. The third-order valence-corrected chi connectivity index (χ3v) is 4.41. The van der Waals surface area contributed by atoms with Crippen molar-refractivity contribution in [1.82, 2.24) is 0 Å². The fourth-order valence-corrected chi connectivity index (χ4v) is 3.09. The summed E-state index contributed by atoms with van der Waals surface area (Å²) in [5.41, 5.74) is 0.789. The van der Waals surface area contributed by atoms with Crippen LogP contribution in [0, 0.1) is 17.0 Å². The van der Waals surface area contributed by atoms with E-state index in [1.54, 1.807) is 31.2 Å². The van der Waals surface area contributed by atoms with Gasteiger partial charge in [0, 0.05) is 28.5 Å². The van der Waals surface area contributed by atoms with Gasteiger partial charge < -0.3 is 10.4 Å². The van der Waals surface area contributed by atoms with Crippen molar-refractivity contribution in [3.63, 3.8) is 0 Å². The van der Waals surface area contributed by atoms with Gasteiger partial charge in [0.25, 0.3) is 5.69 Å². The van der Waals surface area contributed by atoms with Gasteiger partial charge in [-0.05, 0) is 36.2 Å². The van der Waals surface area contributed by atoms with Gasteiger partial charge in [-0.2, -0.15) is 0 Å². The van der Waals surface area contributed by atoms with Gasteiger partial charge in [0.1, 0.15) is 5.69 Å². The van der Waals surface area contributed by atoms with Crippen LogP contribution in [0.5, 0.6) is 0 Å². The lowest BCUT2D eigenvalue weighted by atomic mass is 9.92. The maximum Gasteiger partial charge on any atom is 0.303 e. The van der Waals surface area contributed by atoms with Crippen LogP contribution < -0.4 is 5.32 Å². The summed E-state index contributed by atoms with van der Waals surface area (Å²) in [7, 11) is 0. The van der Waals surface area contributed by atoms with Crippen LogP contribution in [0.3, 0.4) is 0 Å². The number of aliphatic carboxylic acids is 1. The lowest BCUT2D eigenvalue weighted by molar-refractivity contribution is -0.384. The standard InChI is InChI=1S/C18H16Cl2N2O5/c1-10-6-14(20)9-15(22(26)27)18(10)21-16(23)7-12(8-17(24)25)11-2-4-13(19)5-3-11/h2-6,9,12H,7-8H2,1H3,(H,21,23)(H,24,25). The number of aryl methyl sites for hydroxylation is 1. The summed E-state index contributed by atoms with van der Waals surface area (Å²) in [4.78, 5) is 34.2. The van der Waals surface area contributed by atoms with E-state index < -0.39 is 22.7 Å². The maximum atomic E-state index is 12.5. The van der Waals surface area contributed by atoms with E-state index in [0.717, 1.165) is 6.07 Å². The number of hydrogen-bond donors (Lipinski definition) is 2. The summed E-state index contributed by atoms with van der Waals surface area (Å²) in [6.45, 7) is 1.59. The number of nitrogens with zero attached hydrogens (tertiary/aromatic N) is 1. The molecule has 0 heterocycles. The molecule has 0 spiro atoms. The molecule has 0 bridgehead atoms. The minimum Gasteiger partial charge on any atom is -0.481 e. The monoisotopic (exact) mass is 410 g/mol. The van der Waals surface area contributed by atoms with E-state index in [2.05, 4.69) is 5.32 Å². The molecule has 2 aromatic carbocycles. The molecule has 0 aliphatic carbocycles. The van der Waals surface area contributed by atoms with Gasteiger partial charge in [-0.1, -0.05) is 35.3 Å². The first-order chi connectivity index (χ1) is 12.7. The molecule has 2 N–H and O–H groups in total. The molecular weight excluding hydrogens is 395 g/mol. The molecule has 7 nitrogen and oxygen atoms in total. The van der Waals surface area contributed by atoms with Gasteiger partial charge >= 0.3 is 5.97 Å². The Kier molecular flexibility index (Phi) is 6.76. The van der Waals surface area contributed by atoms with Crippen molar-refractivity contribution in [2.24, 2.45) is 0 Å². The van der Waals surface area contributed by atoms with Crippen LogP contribution in [-0.2, 0) is 9.59 Å². The molecule has 0 saturated heterocycles. The van der Waals surface area contributed by atoms with E-state index >= 15 is 0 Å². The van der Waals surface area contributed by atoms with Crippen LogP contribution in [0.25, 0.3) is 0 Å². The van der Waals surface area contributed by atoms with Crippen LogP contribution in [0.15, 0.2) is 36.4 Å². The maximum absolute atomic E-state index is 12.5. The number of benzene rings is 2. The Morgan fingerprint density at radius 3 is 2.33 bits per heavy atom. The number of hydrogen-bond acceptors (Lipinski definition) is 4. The summed E-state index contributed by atoms with van der Waals surface area (Å²) < 4.78 is 0. The third-order valence-electron chi connectivity index (χ3n) is 3.93. The quantitative estimate of drug-likeness (QED) is 0.503. The van der Waals surface area contributed by atoms with Crippen molar-refractivity contribution in [3.05, 3.63) is 67.7 Å². The smallest absolute Gasteiger partial charge is 0.303 e. The van der Waals surface area contributed by atoms with Gasteiger partial charge in [0.15, 0.2) is 0 Å². The van der Waals surface area contributed by atoms with E-state index in [0.29, 0.717) is 16.1 Å². The SMILES string of the molecule is Cc1cc(Cl)cc([N+](=O)[O-])c1NC(=O)CC(CC(=O)O)c1ccc(Cl)cc1. The van der Waals surface area contributed by atoms with Crippen LogP contribution in [0.2, 0.25) is 10.0 Å². The number of amides is 1. The summed E-state index contributed by atoms with van der Waals surface area (Å²) in [6, 6.07) is 9.17. The molecule has 27 heavy (non-hydrogen) atoms. The molecule has 9 heteroatoms. The van der Waals surface area contributed by atoms with Gasteiger partial charge in [-0.3, -0.25) is 19.7 Å². The largest absolute Gasteiger partial charge is 0.481 e. The number of nitro groups is 1. The highest BCUT2D eigenvalue weighted by atomic mass is 35.5. The van der Waals surface area contributed by atoms with E-state index in [-0.39, 0.29) is 29.2 Å². The topological polar surface area (TPSA) is 110 Å². The average molecular weight is 411 g/mol. The first-order valence-electron chi connectivity index (χ1n) is 7.89. The number of carbonyl (C=O) groups excluding carboxylic acids is 1. The van der Waals surface area contributed by atoms with E-state index in [4.69, 9.17) is 28.3 Å². The van der Waals surface area contributed by atoms with Gasteiger partial charge in [-0.15, -0.1) is 0 Å². The number of carboxylic acid groups (broad SMARTS) is 1. The molecular formula is C18H16Cl2N2O5. The van der Waals surface area contributed by atoms with Crippen LogP contribution >= 0.6 is 23.2 Å². The number of nitro benzene ring substituents is 1. The minimum atomic E-state index is -1.06. The van der Waals surface area contributed by atoms with E-state index in [1.165, 1.54) is 6.07 Å². The van der Waals surface area contributed by atoms with Crippen LogP contribution in [0.4, 0.5) is 11.4 Å². The van der Waals surface area contributed by atoms with Crippen LogP contribution in [-0.4, -0.2) is 21.9 Å². The zero-order valence-electron chi connectivity index (χ0n) is 14.2. The fraction of sp³-hybridized carbons (Fsp3) is 0.222. The van der Waals surface area contributed by atoms with E-state index in [9.17, 15) is 19.7 Å². The molecule has 0 fully saturated rings.